The molecule has 0 saturated carbocycles. The highest BCUT2D eigenvalue weighted by Gasteiger charge is 2.26. The van der Waals surface area contributed by atoms with E-state index in [0.29, 0.717) is 5.56 Å². The van der Waals surface area contributed by atoms with E-state index in [-0.39, 0.29) is 0 Å². The highest BCUT2D eigenvalue weighted by molar-refractivity contribution is 6.06. The number of rotatable bonds is 4. The monoisotopic (exact) mass is 366 g/mol. The maximum atomic E-state index is 12.4. The molecule has 0 aliphatic rings. The van der Waals surface area contributed by atoms with E-state index in [2.05, 4.69) is 16.1 Å². The Bertz CT molecular complexity index is 1010. The fourth-order valence-corrected chi connectivity index (χ4v) is 3.24. The van der Waals surface area contributed by atoms with Crippen molar-refractivity contribution in [3.8, 4) is 0 Å². The maximum Gasteiger partial charge on any atom is 0.407 e. The van der Waals surface area contributed by atoms with E-state index < -0.39 is 18.1 Å². The summed E-state index contributed by atoms with van der Waals surface area (Å²) in [6.45, 7) is 0. The Morgan fingerprint density at radius 1 is 0.926 bits per heavy atom. The van der Waals surface area contributed by atoms with Gasteiger partial charge in [-0.1, -0.05) is 30.3 Å². The molecular formula is C21H22N2O4. The average Bonchev–Trinajstić information content (AvgIpc) is 2.68. The van der Waals surface area contributed by atoms with E-state index in [9.17, 15) is 9.59 Å². The summed E-state index contributed by atoms with van der Waals surface area (Å²) in [5, 5.41) is 6.57. The molecule has 3 aromatic carbocycles. The second-order valence-corrected chi connectivity index (χ2v) is 6.41. The van der Waals surface area contributed by atoms with Crippen LogP contribution in [0.5, 0.6) is 0 Å². The minimum Gasteiger partial charge on any atom is -0.467 e. The number of alkyl carbamates (subject to hydrolysis) is 1. The van der Waals surface area contributed by atoms with Crippen LogP contribution in [0, 0.1) is 0 Å². The molecule has 0 saturated heterocycles. The molecule has 1 N–H and O–H groups in total. The van der Waals surface area contributed by atoms with Gasteiger partial charge in [0.2, 0.25) is 0 Å². The van der Waals surface area contributed by atoms with Gasteiger partial charge in [-0.25, -0.2) is 9.59 Å². The van der Waals surface area contributed by atoms with Gasteiger partial charge in [-0.3, -0.25) is 0 Å². The molecule has 1 atom stereocenters. The SMILES string of the molecule is COC(=O)NC(C(=O)OC)c1ccc(N(C)C)c2cc3ccccc3cc12. The van der Waals surface area contributed by atoms with E-state index in [4.69, 9.17) is 4.74 Å². The fraction of sp³-hybridized carbons (Fsp3) is 0.238. The zero-order chi connectivity index (χ0) is 19.6. The third-order valence-corrected chi connectivity index (χ3v) is 4.57. The first-order chi connectivity index (χ1) is 13.0. The van der Waals surface area contributed by atoms with Crippen molar-refractivity contribution in [1.29, 1.82) is 0 Å². The van der Waals surface area contributed by atoms with Gasteiger partial charge in [0.15, 0.2) is 6.04 Å². The first-order valence-corrected chi connectivity index (χ1v) is 8.51. The van der Waals surface area contributed by atoms with Crippen LogP contribution in [0.2, 0.25) is 0 Å². The molecule has 0 radical (unpaired) electrons. The third kappa shape index (κ3) is 3.51. The van der Waals surface area contributed by atoms with Gasteiger partial charge in [-0.2, -0.15) is 0 Å². The molecule has 6 nitrogen and oxygen atoms in total. The molecule has 0 aliphatic heterocycles. The van der Waals surface area contributed by atoms with Crippen LogP contribution in [0.4, 0.5) is 10.5 Å². The van der Waals surface area contributed by atoms with Crippen LogP contribution in [0.15, 0.2) is 48.5 Å². The van der Waals surface area contributed by atoms with Crippen LogP contribution < -0.4 is 10.2 Å². The summed E-state index contributed by atoms with van der Waals surface area (Å²) in [6, 6.07) is 14.9. The fourth-order valence-electron chi connectivity index (χ4n) is 3.24. The number of ether oxygens (including phenoxy) is 2. The zero-order valence-electron chi connectivity index (χ0n) is 15.8. The number of hydrogen-bond donors (Lipinski definition) is 1. The Kier molecular flexibility index (Phi) is 5.16. The predicted molar refractivity (Wildman–Crippen MR) is 106 cm³/mol. The molecule has 3 aromatic rings. The number of esters is 1. The molecule has 27 heavy (non-hydrogen) atoms. The number of carbonyl (C=O) groups excluding carboxylic acids is 2. The molecule has 0 aliphatic carbocycles. The van der Waals surface area contributed by atoms with Gasteiger partial charge in [-0.05, 0) is 39.9 Å². The molecule has 0 bridgehead atoms. The minimum atomic E-state index is -0.970. The topological polar surface area (TPSA) is 67.9 Å². The number of nitrogens with one attached hydrogen (secondary N) is 1. The molecule has 6 heteroatoms. The normalized spacial score (nSPS) is 11.9. The lowest BCUT2D eigenvalue weighted by atomic mass is 9.94. The van der Waals surface area contributed by atoms with Crippen molar-refractivity contribution in [1.82, 2.24) is 5.32 Å². The quantitative estimate of drug-likeness (QED) is 0.564. The van der Waals surface area contributed by atoms with Crippen LogP contribution in [-0.4, -0.2) is 40.4 Å². The summed E-state index contributed by atoms with van der Waals surface area (Å²) in [5.41, 5.74) is 1.67. The molecule has 3 rings (SSSR count). The van der Waals surface area contributed by atoms with E-state index in [1.54, 1.807) is 0 Å². The Balaban J connectivity index is 2.30. The second-order valence-electron chi connectivity index (χ2n) is 6.41. The molecule has 0 aromatic heterocycles. The predicted octanol–water partition coefficient (Wildman–Crippen LogP) is 3.63. The molecular weight excluding hydrogens is 344 g/mol. The lowest BCUT2D eigenvalue weighted by molar-refractivity contribution is -0.143. The van der Waals surface area contributed by atoms with Gasteiger partial charge >= 0.3 is 12.1 Å². The Morgan fingerprint density at radius 3 is 2.11 bits per heavy atom. The zero-order valence-corrected chi connectivity index (χ0v) is 15.8. The van der Waals surface area contributed by atoms with E-state index in [0.717, 1.165) is 27.2 Å². The van der Waals surface area contributed by atoms with Crippen LogP contribution in [0.3, 0.4) is 0 Å². The summed E-state index contributed by atoms with van der Waals surface area (Å²) in [6.07, 6.45) is -0.698. The molecule has 1 unspecified atom stereocenters. The molecule has 1 amide bonds. The van der Waals surface area contributed by atoms with Crippen molar-refractivity contribution < 1.29 is 19.1 Å². The molecule has 0 heterocycles. The van der Waals surface area contributed by atoms with Crippen LogP contribution in [-0.2, 0) is 14.3 Å². The Labute approximate surface area is 157 Å². The van der Waals surface area contributed by atoms with Crippen molar-refractivity contribution in [2.45, 2.75) is 6.04 Å². The van der Waals surface area contributed by atoms with Crippen molar-refractivity contribution >= 4 is 39.3 Å². The van der Waals surface area contributed by atoms with Crippen molar-refractivity contribution in [2.75, 3.05) is 33.2 Å². The van der Waals surface area contributed by atoms with Gasteiger partial charge in [0.1, 0.15) is 0 Å². The molecule has 140 valence electrons. The van der Waals surface area contributed by atoms with Crippen molar-refractivity contribution in [3.63, 3.8) is 0 Å². The molecule has 0 fully saturated rings. The largest absolute Gasteiger partial charge is 0.467 e. The van der Waals surface area contributed by atoms with Crippen molar-refractivity contribution in [2.24, 2.45) is 0 Å². The first kappa shape index (κ1) is 18.5. The average molecular weight is 366 g/mol. The minimum absolute atomic E-state index is 0.563. The number of amides is 1. The first-order valence-electron chi connectivity index (χ1n) is 8.51. The van der Waals surface area contributed by atoms with E-state index in [1.165, 1.54) is 14.2 Å². The van der Waals surface area contributed by atoms with Gasteiger partial charge in [0.05, 0.1) is 14.2 Å². The summed E-state index contributed by atoms with van der Waals surface area (Å²) >= 11 is 0. The lowest BCUT2D eigenvalue weighted by Gasteiger charge is -2.22. The Hall–Kier alpha value is -3.28. The maximum absolute atomic E-state index is 12.4. The smallest absolute Gasteiger partial charge is 0.407 e. The number of nitrogens with zero attached hydrogens (tertiary/aromatic N) is 1. The van der Waals surface area contributed by atoms with Crippen molar-refractivity contribution in [3.05, 3.63) is 54.1 Å². The van der Waals surface area contributed by atoms with Gasteiger partial charge < -0.3 is 19.7 Å². The molecule has 0 spiro atoms. The van der Waals surface area contributed by atoms with Gasteiger partial charge in [0, 0.05) is 25.2 Å². The standard InChI is InChI=1S/C21H22N2O4/c1-23(2)18-10-9-15(19(20(24)26-3)22-21(25)27-4)16-11-13-7-5-6-8-14(13)12-17(16)18/h5-12,19H,1-4H3,(H,22,25). The lowest BCUT2D eigenvalue weighted by Crippen LogP contribution is -2.34. The van der Waals surface area contributed by atoms with Crippen LogP contribution in [0.25, 0.3) is 21.5 Å². The summed E-state index contributed by atoms with van der Waals surface area (Å²) in [5.74, 6) is -0.563. The van der Waals surface area contributed by atoms with E-state index in [1.807, 2.05) is 61.5 Å². The van der Waals surface area contributed by atoms with Crippen LogP contribution >= 0.6 is 0 Å². The number of anilines is 1. The Morgan fingerprint density at radius 2 is 1.56 bits per heavy atom. The highest BCUT2D eigenvalue weighted by atomic mass is 16.5. The van der Waals surface area contributed by atoms with Gasteiger partial charge in [0.25, 0.3) is 0 Å². The van der Waals surface area contributed by atoms with Gasteiger partial charge in [-0.15, -0.1) is 0 Å². The number of fused-ring (bicyclic) bond motifs is 2. The number of carbonyl (C=O) groups is 2. The highest BCUT2D eigenvalue weighted by Crippen LogP contribution is 2.35. The third-order valence-electron chi connectivity index (χ3n) is 4.57. The second kappa shape index (κ2) is 7.53. The summed E-state index contributed by atoms with van der Waals surface area (Å²) in [4.78, 5) is 26.2. The summed E-state index contributed by atoms with van der Waals surface area (Å²) in [7, 11) is 6.48. The number of methoxy groups -OCH3 is 2. The number of benzene rings is 3. The van der Waals surface area contributed by atoms with E-state index >= 15 is 0 Å². The summed E-state index contributed by atoms with van der Waals surface area (Å²) < 4.78 is 9.58. The number of hydrogen-bond acceptors (Lipinski definition) is 5. The van der Waals surface area contributed by atoms with Crippen LogP contribution in [0.1, 0.15) is 11.6 Å².